The normalized spacial score (nSPS) is 50.9. The molecule has 5 rings (SSSR count). The Hall–Kier alpha value is -0.640. The summed E-state index contributed by atoms with van der Waals surface area (Å²) in [4.78, 5) is 1.28. The lowest BCUT2D eigenvalue weighted by molar-refractivity contribution is -0.133. The maximum atomic E-state index is 11.3. The molecule has 4 aliphatic rings. The number of thiophene rings is 1. The molecule has 6 unspecified atom stereocenters. The molecule has 0 radical (unpaired) electrons. The van der Waals surface area contributed by atoms with Crippen molar-refractivity contribution in [3.05, 3.63) is 28.0 Å². The first kappa shape index (κ1) is 18.4. The van der Waals surface area contributed by atoms with Crippen molar-refractivity contribution in [2.45, 2.75) is 77.4 Å². The van der Waals surface area contributed by atoms with Crippen molar-refractivity contribution in [1.29, 1.82) is 0 Å². The van der Waals surface area contributed by atoms with Crippen LogP contribution in [0.15, 0.2) is 23.1 Å². The summed E-state index contributed by atoms with van der Waals surface area (Å²) in [6.45, 7) is 4.91. The van der Waals surface area contributed by atoms with Crippen LogP contribution in [0.4, 0.5) is 0 Å². The van der Waals surface area contributed by atoms with E-state index in [9.17, 15) is 10.2 Å². The average molecular weight is 387 g/mol. The van der Waals surface area contributed by atoms with Gasteiger partial charge in [0, 0.05) is 10.3 Å². The summed E-state index contributed by atoms with van der Waals surface area (Å²) in [7, 11) is 0. The van der Waals surface area contributed by atoms with Crippen LogP contribution in [-0.2, 0) is 0 Å². The van der Waals surface area contributed by atoms with Crippen molar-refractivity contribution in [2.24, 2.45) is 34.5 Å². The first-order valence-electron chi connectivity index (χ1n) is 11.0. The monoisotopic (exact) mass is 386 g/mol. The van der Waals surface area contributed by atoms with Gasteiger partial charge >= 0.3 is 0 Å². The fourth-order valence-corrected chi connectivity index (χ4v) is 8.48. The molecule has 0 aromatic carbocycles. The zero-order valence-corrected chi connectivity index (χ0v) is 17.5. The molecular weight excluding hydrogens is 352 g/mol. The molecule has 4 aliphatic carbocycles. The fourth-order valence-electron chi connectivity index (χ4n) is 7.79. The molecule has 27 heavy (non-hydrogen) atoms. The van der Waals surface area contributed by atoms with Gasteiger partial charge in [-0.2, -0.15) is 0 Å². The second kappa shape index (κ2) is 6.43. The molecule has 1 aromatic heterocycles. The highest BCUT2D eigenvalue weighted by molar-refractivity contribution is 7.10. The van der Waals surface area contributed by atoms with Crippen molar-refractivity contribution >= 4 is 17.4 Å². The van der Waals surface area contributed by atoms with Crippen LogP contribution in [0.1, 0.15) is 70.1 Å². The summed E-state index contributed by atoms with van der Waals surface area (Å²) < 4.78 is 0. The van der Waals surface area contributed by atoms with E-state index in [0.29, 0.717) is 17.3 Å². The highest BCUT2D eigenvalue weighted by Crippen LogP contribution is 2.67. The van der Waals surface area contributed by atoms with Crippen LogP contribution in [0.3, 0.4) is 0 Å². The van der Waals surface area contributed by atoms with E-state index in [4.69, 9.17) is 0 Å². The van der Waals surface area contributed by atoms with Crippen LogP contribution in [0.5, 0.6) is 0 Å². The molecule has 4 saturated carbocycles. The lowest BCUT2D eigenvalue weighted by Gasteiger charge is -2.60. The van der Waals surface area contributed by atoms with Crippen LogP contribution in [0, 0.1) is 34.5 Å². The number of aliphatic hydroxyl groups excluding tert-OH is 2. The number of aliphatic hydroxyl groups is 2. The molecule has 8 atom stereocenters. The summed E-state index contributed by atoms with van der Waals surface area (Å²) in [6, 6.07) is 4.26. The smallest absolute Gasteiger partial charge is 0.0810 e. The van der Waals surface area contributed by atoms with Crippen LogP contribution >= 0.6 is 11.3 Å². The van der Waals surface area contributed by atoms with Gasteiger partial charge < -0.3 is 10.2 Å². The highest BCUT2D eigenvalue weighted by atomic mass is 32.1. The van der Waals surface area contributed by atoms with E-state index >= 15 is 0 Å². The average Bonchev–Trinajstić information content (AvgIpc) is 3.24. The molecule has 0 amide bonds. The van der Waals surface area contributed by atoms with Gasteiger partial charge in [-0.1, -0.05) is 19.9 Å². The molecule has 0 spiro atoms. The topological polar surface area (TPSA) is 40.5 Å². The molecule has 1 heterocycles. The summed E-state index contributed by atoms with van der Waals surface area (Å²) >= 11 is 1.77. The van der Waals surface area contributed by atoms with Crippen molar-refractivity contribution in [3.8, 4) is 0 Å². The van der Waals surface area contributed by atoms with Crippen molar-refractivity contribution in [3.63, 3.8) is 0 Å². The molecule has 3 heteroatoms. The first-order chi connectivity index (χ1) is 12.9. The van der Waals surface area contributed by atoms with Gasteiger partial charge in [0.1, 0.15) is 0 Å². The Morgan fingerprint density at radius 3 is 2.63 bits per heavy atom. The Kier molecular flexibility index (Phi) is 4.38. The number of fused-ring (bicyclic) bond motifs is 5. The first-order valence-corrected chi connectivity index (χ1v) is 11.9. The van der Waals surface area contributed by atoms with E-state index in [-0.39, 0.29) is 17.6 Å². The van der Waals surface area contributed by atoms with Gasteiger partial charge in [-0.05, 0) is 104 Å². The second-order valence-corrected chi connectivity index (χ2v) is 11.5. The maximum Gasteiger partial charge on any atom is 0.0810 e. The number of rotatable bonds is 1. The van der Waals surface area contributed by atoms with Gasteiger partial charge in [-0.25, -0.2) is 0 Å². The third kappa shape index (κ3) is 2.72. The molecule has 2 N–H and O–H groups in total. The zero-order valence-electron chi connectivity index (χ0n) is 16.7. The Balaban J connectivity index is 1.45. The summed E-state index contributed by atoms with van der Waals surface area (Å²) in [5.41, 5.74) is 1.74. The minimum Gasteiger partial charge on any atom is -0.393 e. The molecule has 0 bridgehead atoms. The number of hydrogen-bond acceptors (Lipinski definition) is 3. The van der Waals surface area contributed by atoms with Gasteiger partial charge in [0.05, 0.1) is 12.2 Å². The minimum absolute atomic E-state index is 0.0572. The fraction of sp³-hybridized carbons (Fsp3) is 0.750. The van der Waals surface area contributed by atoms with E-state index in [1.165, 1.54) is 36.1 Å². The summed E-state index contributed by atoms with van der Waals surface area (Å²) in [5, 5.41) is 23.6. The van der Waals surface area contributed by atoms with Gasteiger partial charge in [0.15, 0.2) is 0 Å². The Morgan fingerprint density at radius 1 is 1.04 bits per heavy atom. The molecule has 0 saturated heterocycles. The lowest BCUT2D eigenvalue weighted by Crippen LogP contribution is -2.54. The largest absolute Gasteiger partial charge is 0.393 e. The van der Waals surface area contributed by atoms with Gasteiger partial charge in [-0.3, -0.25) is 0 Å². The summed E-state index contributed by atoms with van der Waals surface area (Å²) in [6.07, 6.45) is 11.2. The molecular formula is C24H34O2S. The van der Waals surface area contributed by atoms with Crippen molar-refractivity contribution in [2.75, 3.05) is 0 Å². The van der Waals surface area contributed by atoms with E-state index in [1.54, 1.807) is 11.3 Å². The van der Waals surface area contributed by atoms with Crippen LogP contribution in [0.2, 0.25) is 0 Å². The molecule has 1 aromatic rings. The minimum atomic E-state index is -0.274. The van der Waals surface area contributed by atoms with E-state index < -0.39 is 0 Å². The quantitative estimate of drug-likeness (QED) is 0.668. The Labute approximate surface area is 167 Å². The third-order valence-electron chi connectivity index (χ3n) is 9.38. The Bertz CT molecular complexity index is 725. The lowest BCUT2D eigenvalue weighted by atomic mass is 9.45. The standard InChI is InChI=1S/C24H34O2S/c1-23-9-7-17(25)14-16(23)5-6-19-20(23)8-10-24(2)21(19)13-15(22(24)26)12-18-4-3-11-27-18/h3-4,11-12,16-17,19-22,25-26H,5-10,13-14H2,1-2H3/t16?,17?,19?,20?,21?,22?,23-,24-/m0/s1. The van der Waals surface area contributed by atoms with Crippen molar-refractivity contribution < 1.29 is 10.2 Å². The predicted molar refractivity (Wildman–Crippen MR) is 111 cm³/mol. The van der Waals surface area contributed by atoms with Crippen LogP contribution in [0.25, 0.3) is 6.08 Å². The SMILES string of the molecule is C[C@]12CCC(O)CC1CCC1C2CC[C@]2(C)C(O)C(=Cc3cccs3)CC12. The summed E-state index contributed by atoms with van der Waals surface area (Å²) in [5.74, 6) is 2.88. The molecule has 0 aliphatic heterocycles. The molecule has 148 valence electrons. The van der Waals surface area contributed by atoms with Gasteiger partial charge in [0.2, 0.25) is 0 Å². The van der Waals surface area contributed by atoms with E-state index in [0.717, 1.165) is 37.5 Å². The molecule has 4 fully saturated rings. The van der Waals surface area contributed by atoms with Gasteiger partial charge in [0.25, 0.3) is 0 Å². The van der Waals surface area contributed by atoms with Gasteiger partial charge in [-0.15, -0.1) is 11.3 Å². The predicted octanol–water partition coefficient (Wildman–Crippen LogP) is 5.51. The number of hydrogen-bond donors (Lipinski definition) is 2. The maximum absolute atomic E-state index is 11.3. The van der Waals surface area contributed by atoms with E-state index in [1.807, 2.05) is 0 Å². The zero-order chi connectivity index (χ0) is 18.8. The third-order valence-corrected chi connectivity index (χ3v) is 10.2. The van der Waals surface area contributed by atoms with E-state index in [2.05, 4.69) is 37.4 Å². The highest BCUT2D eigenvalue weighted by Gasteiger charge is 2.61. The molecule has 2 nitrogen and oxygen atoms in total. The van der Waals surface area contributed by atoms with Crippen molar-refractivity contribution in [1.82, 2.24) is 0 Å². The van der Waals surface area contributed by atoms with Crippen LogP contribution < -0.4 is 0 Å². The Morgan fingerprint density at radius 2 is 1.85 bits per heavy atom. The van der Waals surface area contributed by atoms with Crippen LogP contribution in [-0.4, -0.2) is 22.4 Å². The second-order valence-electron chi connectivity index (χ2n) is 10.5.